The van der Waals surface area contributed by atoms with E-state index < -0.39 is 0 Å². The summed E-state index contributed by atoms with van der Waals surface area (Å²) in [5.41, 5.74) is 0.939. The highest BCUT2D eigenvalue weighted by Crippen LogP contribution is 2.20. The van der Waals surface area contributed by atoms with E-state index in [1.54, 1.807) is 18.2 Å². The zero-order valence-corrected chi connectivity index (χ0v) is 13.4. The van der Waals surface area contributed by atoms with Crippen LogP contribution in [0.5, 0.6) is 0 Å². The van der Waals surface area contributed by atoms with Crippen LogP contribution in [-0.4, -0.2) is 43.5 Å². The number of carbonyl (C=O) groups is 1. The number of aliphatic hydroxyl groups is 1. The third-order valence-electron chi connectivity index (χ3n) is 4.37. The molecule has 1 aliphatic heterocycles. The third kappa shape index (κ3) is 3.59. The fourth-order valence-electron chi connectivity index (χ4n) is 3.12. The van der Waals surface area contributed by atoms with Crippen molar-refractivity contribution in [2.24, 2.45) is 5.92 Å². The van der Waals surface area contributed by atoms with Gasteiger partial charge in [0, 0.05) is 32.0 Å². The van der Waals surface area contributed by atoms with E-state index in [1.165, 1.54) is 0 Å². The molecular weight excluding hydrogens is 292 g/mol. The second kappa shape index (κ2) is 6.91. The largest absolute Gasteiger partial charge is 0.390 e. The van der Waals surface area contributed by atoms with Gasteiger partial charge in [-0.15, -0.1) is 0 Å². The van der Waals surface area contributed by atoms with Crippen molar-refractivity contribution in [2.45, 2.75) is 32.9 Å². The topological polar surface area (TPSA) is 71.2 Å². The molecular formula is C17H22N4O2. The maximum Gasteiger partial charge on any atom is 0.272 e. The fraction of sp³-hybridized carbons (Fsp3) is 0.471. The molecule has 0 spiro atoms. The maximum absolute atomic E-state index is 12.6. The molecule has 1 atom stereocenters. The molecule has 23 heavy (non-hydrogen) atoms. The first kappa shape index (κ1) is 15.7. The smallest absolute Gasteiger partial charge is 0.272 e. The minimum atomic E-state index is -0.149. The normalized spacial score (nSPS) is 18.2. The summed E-state index contributed by atoms with van der Waals surface area (Å²) in [6, 6.07) is 5.20. The van der Waals surface area contributed by atoms with Gasteiger partial charge in [-0.1, -0.05) is 6.07 Å². The molecule has 0 unspecified atom stereocenters. The first-order chi connectivity index (χ1) is 11.2. The first-order valence-electron chi connectivity index (χ1n) is 8.01. The summed E-state index contributed by atoms with van der Waals surface area (Å²) >= 11 is 0. The Labute approximate surface area is 135 Å². The van der Waals surface area contributed by atoms with Crippen molar-refractivity contribution >= 4 is 5.91 Å². The minimum absolute atomic E-state index is 0.0487. The van der Waals surface area contributed by atoms with Crippen molar-refractivity contribution in [3.05, 3.63) is 47.8 Å². The number of piperidine rings is 1. The Morgan fingerprint density at radius 3 is 3.04 bits per heavy atom. The van der Waals surface area contributed by atoms with E-state index in [2.05, 4.69) is 14.5 Å². The van der Waals surface area contributed by atoms with Crippen molar-refractivity contribution in [3.63, 3.8) is 0 Å². The molecule has 1 aliphatic rings. The van der Waals surface area contributed by atoms with E-state index in [0.717, 1.165) is 38.3 Å². The Balaban J connectivity index is 1.68. The van der Waals surface area contributed by atoms with Crippen LogP contribution in [0, 0.1) is 12.8 Å². The third-order valence-corrected chi connectivity index (χ3v) is 4.37. The molecule has 1 fully saturated rings. The molecule has 0 radical (unpaired) electrons. The van der Waals surface area contributed by atoms with Crippen LogP contribution in [0.2, 0.25) is 0 Å². The first-order valence-corrected chi connectivity index (χ1v) is 8.01. The molecule has 1 saturated heterocycles. The van der Waals surface area contributed by atoms with Crippen molar-refractivity contribution in [2.75, 3.05) is 13.1 Å². The number of rotatable bonds is 4. The van der Waals surface area contributed by atoms with Crippen molar-refractivity contribution < 1.29 is 9.90 Å². The molecule has 2 aromatic rings. The van der Waals surface area contributed by atoms with Crippen LogP contribution in [-0.2, 0) is 13.2 Å². The summed E-state index contributed by atoms with van der Waals surface area (Å²) in [5.74, 6) is 1.39. The molecule has 0 bridgehead atoms. The lowest BCUT2D eigenvalue weighted by molar-refractivity contribution is 0.0655. The van der Waals surface area contributed by atoms with Gasteiger partial charge >= 0.3 is 0 Å². The number of nitrogens with zero attached hydrogens (tertiary/aromatic N) is 4. The van der Waals surface area contributed by atoms with E-state index in [4.69, 9.17) is 5.11 Å². The van der Waals surface area contributed by atoms with Crippen LogP contribution >= 0.6 is 0 Å². The quantitative estimate of drug-likeness (QED) is 0.931. The molecule has 6 nitrogen and oxygen atoms in total. The number of aryl methyl sites for hydroxylation is 1. The van der Waals surface area contributed by atoms with Crippen molar-refractivity contribution in [1.29, 1.82) is 0 Å². The zero-order valence-electron chi connectivity index (χ0n) is 13.4. The highest BCUT2D eigenvalue weighted by molar-refractivity contribution is 5.92. The Morgan fingerprint density at radius 2 is 2.30 bits per heavy atom. The summed E-state index contributed by atoms with van der Waals surface area (Å²) in [7, 11) is 0. The molecule has 2 aromatic heterocycles. The van der Waals surface area contributed by atoms with Gasteiger partial charge in [0.25, 0.3) is 5.91 Å². The SMILES string of the molecule is Cc1nccn1C[C@@H]1CCCN(C(=O)c2cccc(CO)n2)C1. The summed E-state index contributed by atoms with van der Waals surface area (Å²) in [4.78, 5) is 23.0. The number of aliphatic hydroxyl groups excluding tert-OH is 1. The highest BCUT2D eigenvalue weighted by Gasteiger charge is 2.25. The monoisotopic (exact) mass is 314 g/mol. The van der Waals surface area contributed by atoms with Gasteiger partial charge in [0.2, 0.25) is 0 Å². The average molecular weight is 314 g/mol. The molecule has 3 heterocycles. The van der Waals surface area contributed by atoms with Gasteiger partial charge in [0.15, 0.2) is 0 Å². The number of imidazole rings is 1. The number of likely N-dealkylation sites (tertiary alicyclic amines) is 1. The molecule has 0 aromatic carbocycles. The van der Waals surface area contributed by atoms with Crippen LogP contribution in [0.3, 0.4) is 0 Å². The zero-order chi connectivity index (χ0) is 16.2. The molecule has 122 valence electrons. The molecule has 0 aliphatic carbocycles. The minimum Gasteiger partial charge on any atom is -0.390 e. The average Bonchev–Trinajstić information content (AvgIpc) is 2.99. The van der Waals surface area contributed by atoms with E-state index >= 15 is 0 Å². The molecule has 3 rings (SSSR count). The molecule has 1 N–H and O–H groups in total. The van der Waals surface area contributed by atoms with Gasteiger partial charge in [-0.3, -0.25) is 4.79 Å². The summed E-state index contributed by atoms with van der Waals surface area (Å²) in [6.07, 6.45) is 5.92. The summed E-state index contributed by atoms with van der Waals surface area (Å²) in [5, 5.41) is 9.17. The molecule has 0 saturated carbocycles. The Morgan fingerprint density at radius 1 is 1.43 bits per heavy atom. The predicted octanol–water partition coefficient (Wildman–Crippen LogP) is 1.63. The van der Waals surface area contributed by atoms with Crippen LogP contribution < -0.4 is 0 Å². The van der Waals surface area contributed by atoms with Crippen molar-refractivity contribution in [3.8, 4) is 0 Å². The number of pyridine rings is 1. The Hall–Kier alpha value is -2.21. The predicted molar refractivity (Wildman–Crippen MR) is 85.8 cm³/mol. The number of hydrogen-bond acceptors (Lipinski definition) is 4. The van der Waals surface area contributed by atoms with Gasteiger partial charge in [-0.2, -0.15) is 0 Å². The van der Waals surface area contributed by atoms with Gasteiger partial charge in [0.05, 0.1) is 12.3 Å². The fourth-order valence-corrected chi connectivity index (χ4v) is 3.12. The Bertz CT molecular complexity index is 683. The summed E-state index contributed by atoms with van der Waals surface area (Å²) in [6.45, 7) is 4.24. The van der Waals surface area contributed by atoms with Crippen LogP contribution in [0.25, 0.3) is 0 Å². The van der Waals surface area contributed by atoms with E-state index in [-0.39, 0.29) is 12.5 Å². The standard InChI is InChI=1S/C17H22N4O2/c1-13-18-7-9-20(13)10-14-4-3-8-21(11-14)17(23)16-6-2-5-15(12-22)19-16/h2,5-7,9,14,22H,3-4,8,10-12H2,1H3/t14-/m0/s1. The second-order valence-corrected chi connectivity index (χ2v) is 6.06. The molecule has 6 heteroatoms. The van der Waals surface area contributed by atoms with E-state index in [9.17, 15) is 4.79 Å². The van der Waals surface area contributed by atoms with E-state index in [1.807, 2.05) is 24.2 Å². The lowest BCUT2D eigenvalue weighted by Crippen LogP contribution is -2.41. The van der Waals surface area contributed by atoms with Crippen molar-refractivity contribution in [1.82, 2.24) is 19.4 Å². The lowest BCUT2D eigenvalue weighted by atomic mass is 9.97. The van der Waals surface area contributed by atoms with Crippen LogP contribution in [0.4, 0.5) is 0 Å². The van der Waals surface area contributed by atoms with Gasteiger partial charge < -0.3 is 14.6 Å². The summed E-state index contributed by atoms with van der Waals surface area (Å²) < 4.78 is 2.14. The van der Waals surface area contributed by atoms with Gasteiger partial charge in [-0.05, 0) is 37.8 Å². The number of aromatic nitrogens is 3. The number of carbonyl (C=O) groups excluding carboxylic acids is 1. The second-order valence-electron chi connectivity index (χ2n) is 6.06. The highest BCUT2D eigenvalue weighted by atomic mass is 16.3. The van der Waals surface area contributed by atoms with Crippen LogP contribution in [0.1, 0.15) is 34.8 Å². The van der Waals surface area contributed by atoms with Gasteiger partial charge in [0.1, 0.15) is 11.5 Å². The number of hydrogen-bond donors (Lipinski definition) is 1. The molecule has 1 amide bonds. The maximum atomic E-state index is 12.6. The van der Waals surface area contributed by atoms with Crippen LogP contribution in [0.15, 0.2) is 30.6 Å². The number of amides is 1. The van der Waals surface area contributed by atoms with Gasteiger partial charge in [-0.25, -0.2) is 9.97 Å². The lowest BCUT2D eigenvalue weighted by Gasteiger charge is -2.33. The van der Waals surface area contributed by atoms with E-state index in [0.29, 0.717) is 17.3 Å². The Kier molecular flexibility index (Phi) is 4.71.